The fourth-order valence-corrected chi connectivity index (χ4v) is 10.3. The molecule has 2 aliphatic heterocycles. The molecule has 0 atom stereocenters. The number of anilines is 6. The zero-order valence-electron chi connectivity index (χ0n) is 33.1. The number of fused-ring (bicyclic) bond motifs is 10. The van der Waals surface area contributed by atoms with E-state index in [2.05, 4.69) is 233 Å². The van der Waals surface area contributed by atoms with Gasteiger partial charge in [-0.3, -0.25) is 0 Å². The first-order valence-electron chi connectivity index (χ1n) is 21.0. The van der Waals surface area contributed by atoms with E-state index >= 15 is 0 Å². The van der Waals surface area contributed by atoms with Crippen molar-refractivity contribution in [3.05, 3.63) is 218 Å². The first-order valence-corrected chi connectivity index (χ1v) is 21.0. The quantitative estimate of drug-likeness (QED) is 0.162. The number of para-hydroxylation sites is 4. The molecule has 1 aromatic heterocycles. The maximum absolute atomic E-state index is 7.08. The fourth-order valence-electron chi connectivity index (χ4n) is 10.3. The van der Waals surface area contributed by atoms with Crippen molar-refractivity contribution in [2.45, 2.75) is 0 Å². The lowest BCUT2D eigenvalue weighted by Gasteiger charge is -2.39. The molecule has 0 N–H and O–H groups in total. The van der Waals surface area contributed by atoms with E-state index < -0.39 is 0 Å². The molecule has 0 fully saturated rings. The van der Waals surface area contributed by atoms with Crippen LogP contribution in [0.3, 0.4) is 0 Å². The molecule has 0 aliphatic carbocycles. The molecule has 0 saturated heterocycles. The van der Waals surface area contributed by atoms with Gasteiger partial charge in [-0.25, -0.2) is 0 Å². The molecule has 0 spiro atoms. The van der Waals surface area contributed by atoms with E-state index in [1.807, 2.05) is 0 Å². The Balaban J connectivity index is 1.13. The highest BCUT2D eigenvalue weighted by Crippen LogP contribution is 2.48. The fraction of sp³-hybridized carbons (Fsp3) is 0. The molecule has 3 heterocycles. The largest absolute Gasteiger partial charge is 0.458 e. The monoisotopic (exact) mass is 777 g/mol. The van der Waals surface area contributed by atoms with Crippen LogP contribution in [0.2, 0.25) is 0 Å². The SMILES string of the molecule is c1ccc(N2c3ccccc3B3c4cc5c(cc4Oc4cccc2c43)c2c3ccccc3c(N(c3ccccc3)c3cccc4ccccc34)cc2n5-c2ccccc2)cc1. The standard InChI is InChI=1S/C56H36BN3O/c1-4-20-38(21-5-1)58(47-31-16-19-37-18-10-11-26-41(37)47)51-36-52-55(43-28-13-12-27-42(43)51)44-34-54-46(35-50(44)60(52)40-24-8-3-9-25-40)57-45-29-14-15-30-48(45)59(39-22-6-2-7-23-39)49-32-17-33-53(61-54)56(49)57/h1-36H. The number of hydrogen-bond acceptors (Lipinski definition) is 3. The summed E-state index contributed by atoms with van der Waals surface area (Å²) in [7, 11) is 0. The molecule has 2 aliphatic rings. The summed E-state index contributed by atoms with van der Waals surface area (Å²) in [5.41, 5.74) is 13.8. The van der Waals surface area contributed by atoms with Crippen molar-refractivity contribution in [1.82, 2.24) is 4.57 Å². The Kier molecular flexibility index (Phi) is 7.37. The zero-order chi connectivity index (χ0) is 40.0. The predicted octanol–water partition coefficient (Wildman–Crippen LogP) is 13.0. The molecule has 13 rings (SSSR count). The van der Waals surface area contributed by atoms with Crippen LogP contribution in [0, 0.1) is 0 Å². The van der Waals surface area contributed by atoms with Gasteiger partial charge in [0.2, 0.25) is 0 Å². The number of aromatic nitrogens is 1. The summed E-state index contributed by atoms with van der Waals surface area (Å²) in [4.78, 5) is 4.83. The maximum Gasteiger partial charge on any atom is 0.256 e. The van der Waals surface area contributed by atoms with Crippen molar-refractivity contribution in [3.8, 4) is 17.2 Å². The van der Waals surface area contributed by atoms with Crippen molar-refractivity contribution in [1.29, 1.82) is 0 Å². The van der Waals surface area contributed by atoms with E-state index in [0.717, 1.165) is 62.0 Å². The second kappa shape index (κ2) is 13.3. The number of nitrogens with zero attached hydrogens (tertiary/aromatic N) is 3. The lowest BCUT2D eigenvalue weighted by atomic mass is 9.34. The van der Waals surface area contributed by atoms with Gasteiger partial charge in [0.05, 0.1) is 22.4 Å². The zero-order valence-corrected chi connectivity index (χ0v) is 33.1. The molecule has 4 nitrogen and oxygen atoms in total. The summed E-state index contributed by atoms with van der Waals surface area (Å²) < 4.78 is 9.55. The molecule has 0 saturated carbocycles. The van der Waals surface area contributed by atoms with Crippen LogP contribution in [0.1, 0.15) is 0 Å². The molecule has 0 unspecified atom stereocenters. The van der Waals surface area contributed by atoms with Crippen LogP contribution in [0.15, 0.2) is 218 Å². The normalized spacial score (nSPS) is 12.7. The number of rotatable bonds is 5. The lowest BCUT2D eigenvalue weighted by Crippen LogP contribution is -2.59. The van der Waals surface area contributed by atoms with Crippen LogP contribution in [-0.2, 0) is 0 Å². The summed E-state index contributed by atoms with van der Waals surface area (Å²) >= 11 is 0. The smallest absolute Gasteiger partial charge is 0.256 e. The Morgan fingerprint density at radius 2 is 1.05 bits per heavy atom. The van der Waals surface area contributed by atoms with Gasteiger partial charge in [-0.2, -0.15) is 0 Å². The Morgan fingerprint density at radius 1 is 0.410 bits per heavy atom. The second-order valence-corrected chi connectivity index (χ2v) is 16.0. The number of benzene rings is 10. The highest BCUT2D eigenvalue weighted by Gasteiger charge is 2.42. The summed E-state index contributed by atoms with van der Waals surface area (Å²) in [6, 6.07) is 79.1. The van der Waals surface area contributed by atoms with Crippen LogP contribution in [-0.4, -0.2) is 11.3 Å². The highest BCUT2D eigenvalue weighted by atomic mass is 16.5. The molecule has 0 amide bonds. The van der Waals surface area contributed by atoms with Gasteiger partial charge >= 0.3 is 0 Å². The molecule has 0 bridgehead atoms. The molecular formula is C56H36BN3O. The maximum atomic E-state index is 7.08. The van der Waals surface area contributed by atoms with Gasteiger partial charge in [0.15, 0.2) is 0 Å². The average molecular weight is 778 g/mol. The van der Waals surface area contributed by atoms with Gasteiger partial charge < -0.3 is 19.1 Å². The van der Waals surface area contributed by atoms with E-state index in [1.54, 1.807) is 0 Å². The summed E-state index contributed by atoms with van der Waals surface area (Å²) in [5, 5.41) is 7.13. The van der Waals surface area contributed by atoms with Crippen LogP contribution in [0.5, 0.6) is 11.5 Å². The third-order valence-electron chi connectivity index (χ3n) is 12.8. The third-order valence-corrected chi connectivity index (χ3v) is 12.8. The first-order chi connectivity index (χ1) is 30.3. The minimum Gasteiger partial charge on any atom is -0.458 e. The van der Waals surface area contributed by atoms with E-state index in [0.29, 0.717) is 0 Å². The van der Waals surface area contributed by atoms with Crippen LogP contribution in [0.25, 0.3) is 49.0 Å². The first kappa shape index (κ1) is 33.9. The summed E-state index contributed by atoms with van der Waals surface area (Å²) in [6.07, 6.45) is 0. The average Bonchev–Trinajstić information content (AvgIpc) is 3.65. The van der Waals surface area contributed by atoms with Crippen LogP contribution >= 0.6 is 0 Å². The Hall–Kier alpha value is -8.02. The van der Waals surface area contributed by atoms with Gasteiger partial charge in [-0.1, -0.05) is 140 Å². The van der Waals surface area contributed by atoms with Crippen molar-refractivity contribution >= 4 is 101 Å². The minimum atomic E-state index is -0.0232. The predicted molar refractivity (Wildman–Crippen MR) is 256 cm³/mol. The summed E-state index contributed by atoms with van der Waals surface area (Å²) in [6.45, 7) is -0.0232. The molecule has 11 aromatic rings. The van der Waals surface area contributed by atoms with Crippen molar-refractivity contribution in [2.24, 2.45) is 0 Å². The number of hydrogen-bond donors (Lipinski definition) is 0. The lowest BCUT2D eigenvalue weighted by molar-refractivity contribution is 0.488. The van der Waals surface area contributed by atoms with Gasteiger partial charge in [-0.15, -0.1) is 0 Å². The van der Waals surface area contributed by atoms with Crippen molar-refractivity contribution < 1.29 is 4.74 Å². The van der Waals surface area contributed by atoms with Gasteiger partial charge in [-0.05, 0) is 106 Å². The molecular weight excluding hydrogens is 741 g/mol. The Bertz CT molecular complexity index is 3520. The second-order valence-electron chi connectivity index (χ2n) is 16.0. The van der Waals surface area contributed by atoms with E-state index in [4.69, 9.17) is 4.74 Å². The molecule has 5 heteroatoms. The van der Waals surface area contributed by atoms with E-state index in [-0.39, 0.29) is 6.71 Å². The Morgan fingerprint density at radius 3 is 1.87 bits per heavy atom. The van der Waals surface area contributed by atoms with Gasteiger partial charge in [0.1, 0.15) is 11.5 Å². The topological polar surface area (TPSA) is 20.6 Å². The molecule has 284 valence electrons. The van der Waals surface area contributed by atoms with Gasteiger partial charge in [0, 0.05) is 50.0 Å². The highest BCUT2D eigenvalue weighted by molar-refractivity contribution is 6.99. The molecule has 0 radical (unpaired) electrons. The van der Waals surface area contributed by atoms with Crippen molar-refractivity contribution in [2.75, 3.05) is 9.80 Å². The van der Waals surface area contributed by atoms with Crippen molar-refractivity contribution in [3.63, 3.8) is 0 Å². The third kappa shape index (κ3) is 5.01. The van der Waals surface area contributed by atoms with E-state index in [9.17, 15) is 0 Å². The molecule has 61 heavy (non-hydrogen) atoms. The van der Waals surface area contributed by atoms with E-state index in [1.165, 1.54) is 49.0 Å². The van der Waals surface area contributed by atoms with Crippen LogP contribution in [0.4, 0.5) is 34.1 Å². The molecule has 10 aromatic carbocycles. The number of ether oxygens (including phenoxy) is 1. The van der Waals surface area contributed by atoms with Gasteiger partial charge in [0.25, 0.3) is 6.71 Å². The summed E-state index contributed by atoms with van der Waals surface area (Å²) in [5.74, 6) is 1.80. The minimum absolute atomic E-state index is 0.0232. The Labute approximate surface area is 353 Å². The van der Waals surface area contributed by atoms with Crippen LogP contribution < -0.4 is 30.9 Å².